The van der Waals surface area contributed by atoms with Crippen molar-refractivity contribution >= 4 is 15.7 Å². The molecule has 0 aromatic heterocycles. The Morgan fingerprint density at radius 2 is 2.00 bits per heavy atom. The van der Waals surface area contributed by atoms with E-state index < -0.39 is 15.6 Å². The van der Waals surface area contributed by atoms with Crippen LogP contribution in [-0.4, -0.2) is 27.7 Å². The lowest BCUT2D eigenvalue weighted by atomic mass is 10.1. The van der Waals surface area contributed by atoms with Crippen LogP contribution in [0.3, 0.4) is 0 Å². The molecule has 102 valence electrons. The van der Waals surface area contributed by atoms with Crippen molar-refractivity contribution in [1.29, 1.82) is 0 Å². The number of hydrogen-bond donors (Lipinski definition) is 2. The van der Waals surface area contributed by atoms with E-state index in [9.17, 15) is 8.42 Å². The lowest BCUT2D eigenvalue weighted by Crippen LogP contribution is -2.46. The highest BCUT2D eigenvalue weighted by molar-refractivity contribution is 7.89. The van der Waals surface area contributed by atoms with Gasteiger partial charge in [0, 0.05) is 7.11 Å². The molecule has 5 nitrogen and oxygen atoms in total. The second kappa shape index (κ2) is 5.26. The topological polar surface area (TPSA) is 81.4 Å². The van der Waals surface area contributed by atoms with E-state index in [4.69, 9.17) is 10.5 Å². The third-order valence-electron chi connectivity index (χ3n) is 2.43. The number of sulfonamides is 1. The van der Waals surface area contributed by atoms with Gasteiger partial charge < -0.3 is 10.5 Å². The van der Waals surface area contributed by atoms with Crippen LogP contribution in [0, 0.1) is 6.92 Å². The number of hydrogen-bond acceptors (Lipinski definition) is 4. The second-order valence-electron chi connectivity index (χ2n) is 4.92. The van der Waals surface area contributed by atoms with Gasteiger partial charge in [0.05, 0.1) is 17.8 Å². The van der Waals surface area contributed by atoms with Crippen molar-refractivity contribution in [2.75, 3.05) is 19.5 Å². The van der Waals surface area contributed by atoms with Gasteiger partial charge in [-0.25, -0.2) is 13.1 Å². The molecule has 0 unspecified atom stereocenters. The predicted octanol–water partition coefficient (Wildman–Crippen LogP) is 1.28. The number of aryl methyl sites for hydroxylation is 1. The van der Waals surface area contributed by atoms with Gasteiger partial charge in [0.2, 0.25) is 10.0 Å². The van der Waals surface area contributed by atoms with Crippen LogP contribution in [-0.2, 0) is 14.8 Å². The normalized spacial score (nSPS) is 12.7. The van der Waals surface area contributed by atoms with Crippen LogP contribution in [0.1, 0.15) is 19.4 Å². The molecular weight excluding hydrogens is 252 g/mol. The molecule has 1 rings (SSSR count). The van der Waals surface area contributed by atoms with E-state index >= 15 is 0 Å². The van der Waals surface area contributed by atoms with Crippen molar-refractivity contribution in [3.05, 3.63) is 23.8 Å². The summed E-state index contributed by atoms with van der Waals surface area (Å²) in [7, 11) is -2.13. The molecule has 0 aliphatic heterocycles. The minimum absolute atomic E-state index is 0.133. The highest BCUT2D eigenvalue weighted by atomic mass is 32.2. The molecule has 0 radical (unpaired) electrons. The van der Waals surface area contributed by atoms with Crippen molar-refractivity contribution in [2.45, 2.75) is 31.2 Å². The van der Waals surface area contributed by atoms with Crippen molar-refractivity contribution in [3.63, 3.8) is 0 Å². The summed E-state index contributed by atoms with van der Waals surface area (Å²) >= 11 is 0. The molecule has 1 aromatic rings. The second-order valence-corrected chi connectivity index (χ2v) is 6.53. The summed E-state index contributed by atoms with van der Waals surface area (Å²) < 4.78 is 32.2. The maximum Gasteiger partial charge on any atom is 0.243 e. The number of benzene rings is 1. The van der Waals surface area contributed by atoms with E-state index in [1.54, 1.807) is 39.0 Å². The highest BCUT2D eigenvalue weighted by Gasteiger charge is 2.28. The summed E-state index contributed by atoms with van der Waals surface area (Å²) in [6.45, 7) is 5.50. The Morgan fingerprint density at radius 3 is 2.50 bits per heavy atom. The summed E-state index contributed by atoms with van der Waals surface area (Å²) in [4.78, 5) is 0.133. The van der Waals surface area contributed by atoms with Crippen LogP contribution in [0.5, 0.6) is 0 Å². The maximum absolute atomic E-state index is 12.3. The zero-order valence-electron chi connectivity index (χ0n) is 11.1. The van der Waals surface area contributed by atoms with Crippen LogP contribution in [0.4, 0.5) is 5.69 Å². The molecule has 0 bridgehead atoms. The van der Waals surface area contributed by atoms with Crippen molar-refractivity contribution in [2.24, 2.45) is 0 Å². The van der Waals surface area contributed by atoms with Gasteiger partial charge in [-0.05, 0) is 32.4 Å². The largest absolute Gasteiger partial charge is 0.398 e. The Labute approximate surface area is 108 Å². The number of nitrogens with one attached hydrogen (secondary N) is 1. The Morgan fingerprint density at radius 1 is 1.39 bits per heavy atom. The SMILES string of the molecule is COCC(C)(C)NS(=O)(=O)c1c(C)cccc1N. The number of nitrogen functional groups attached to an aromatic ring is 1. The molecule has 6 heteroatoms. The van der Waals surface area contributed by atoms with E-state index in [0.717, 1.165) is 0 Å². The molecule has 1 aromatic carbocycles. The van der Waals surface area contributed by atoms with Crippen LogP contribution in [0.15, 0.2) is 23.1 Å². The van der Waals surface area contributed by atoms with Crippen LogP contribution in [0.25, 0.3) is 0 Å². The summed E-state index contributed by atoms with van der Waals surface area (Å²) in [6, 6.07) is 5.02. The van der Waals surface area contributed by atoms with Crippen molar-refractivity contribution in [1.82, 2.24) is 4.72 Å². The summed E-state index contributed by atoms with van der Waals surface area (Å²) in [6.07, 6.45) is 0. The van der Waals surface area contributed by atoms with Crippen molar-refractivity contribution < 1.29 is 13.2 Å². The van der Waals surface area contributed by atoms with E-state index in [0.29, 0.717) is 5.56 Å². The molecule has 0 amide bonds. The lowest BCUT2D eigenvalue weighted by molar-refractivity contribution is 0.141. The average Bonchev–Trinajstić information content (AvgIpc) is 2.13. The van der Waals surface area contributed by atoms with Crippen molar-refractivity contribution in [3.8, 4) is 0 Å². The number of nitrogens with two attached hydrogens (primary N) is 1. The van der Waals surface area contributed by atoms with Gasteiger partial charge in [0.25, 0.3) is 0 Å². The number of anilines is 1. The lowest BCUT2D eigenvalue weighted by Gasteiger charge is -2.25. The molecule has 3 N–H and O–H groups in total. The van der Waals surface area contributed by atoms with Crippen LogP contribution >= 0.6 is 0 Å². The zero-order valence-corrected chi connectivity index (χ0v) is 12.0. The standard InChI is InChI=1S/C12H20N2O3S/c1-9-6-5-7-10(13)11(9)18(15,16)14-12(2,3)8-17-4/h5-7,14H,8,13H2,1-4H3. The fourth-order valence-electron chi connectivity index (χ4n) is 1.85. The fraction of sp³-hybridized carbons (Fsp3) is 0.500. The van der Waals surface area contributed by atoms with Gasteiger partial charge in [-0.3, -0.25) is 0 Å². The first-order valence-corrected chi connectivity index (χ1v) is 7.06. The van der Waals surface area contributed by atoms with Gasteiger partial charge in [0.15, 0.2) is 0 Å². The minimum Gasteiger partial charge on any atom is -0.398 e. The summed E-state index contributed by atoms with van der Waals surface area (Å²) in [5, 5.41) is 0. The number of ether oxygens (including phenoxy) is 1. The van der Waals surface area contributed by atoms with E-state index in [1.165, 1.54) is 7.11 Å². The highest BCUT2D eigenvalue weighted by Crippen LogP contribution is 2.23. The molecule has 0 saturated heterocycles. The first-order chi connectivity index (χ1) is 8.19. The minimum atomic E-state index is -3.66. The van der Waals surface area contributed by atoms with Crippen LogP contribution < -0.4 is 10.5 Å². The molecule has 0 aliphatic carbocycles. The first-order valence-electron chi connectivity index (χ1n) is 5.57. The van der Waals surface area contributed by atoms with Gasteiger partial charge >= 0.3 is 0 Å². The molecule has 0 heterocycles. The Kier molecular flexibility index (Phi) is 4.37. The maximum atomic E-state index is 12.3. The molecule has 0 atom stereocenters. The third-order valence-corrected chi connectivity index (χ3v) is 4.34. The Balaban J connectivity index is 3.15. The molecule has 18 heavy (non-hydrogen) atoms. The monoisotopic (exact) mass is 272 g/mol. The Bertz CT molecular complexity index is 504. The average molecular weight is 272 g/mol. The zero-order chi connectivity index (χ0) is 14.0. The van der Waals surface area contributed by atoms with Gasteiger partial charge in [-0.1, -0.05) is 12.1 Å². The molecule has 0 fully saturated rings. The molecule has 0 aliphatic rings. The molecule has 0 saturated carbocycles. The van der Waals surface area contributed by atoms with Gasteiger partial charge in [0.1, 0.15) is 4.90 Å². The quantitative estimate of drug-likeness (QED) is 0.791. The van der Waals surface area contributed by atoms with E-state index in [2.05, 4.69) is 4.72 Å². The Hall–Kier alpha value is -1.11. The summed E-state index contributed by atoms with van der Waals surface area (Å²) in [5.41, 5.74) is 5.92. The third kappa shape index (κ3) is 3.44. The van der Waals surface area contributed by atoms with Gasteiger partial charge in [-0.2, -0.15) is 0 Å². The number of methoxy groups -OCH3 is 1. The number of rotatable bonds is 5. The summed E-state index contributed by atoms with van der Waals surface area (Å²) in [5.74, 6) is 0. The predicted molar refractivity (Wildman–Crippen MR) is 71.9 cm³/mol. The smallest absolute Gasteiger partial charge is 0.243 e. The van der Waals surface area contributed by atoms with Gasteiger partial charge in [-0.15, -0.1) is 0 Å². The van der Waals surface area contributed by atoms with E-state index in [-0.39, 0.29) is 17.2 Å². The fourth-order valence-corrected chi connectivity index (χ4v) is 3.61. The molecule has 0 spiro atoms. The van der Waals surface area contributed by atoms with Crippen LogP contribution in [0.2, 0.25) is 0 Å². The first kappa shape index (κ1) is 14.9. The molecular formula is C12H20N2O3S. The van der Waals surface area contributed by atoms with E-state index in [1.807, 2.05) is 0 Å².